The molecule has 8 rings (SSSR count). The Labute approximate surface area is 217 Å². The molecule has 37 heavy (non-hydrogen) atoms. The molecule has 0 saturated heterocycles. The summed E-state index contributed by atoms with van der Waals surface area (Å²) in [5, 5.41) is 3.69. The van der Waals surface area contributed by atoms with E-state index in [9.17, 15) is 0 Å². The Bertz CT molecular complexity index is 1910. The normalized spacial score (nSPS) is 14.8. The standard InChI is InChI=1S/C36H27N/c1-36(2)32-20-23-19-18-22-10-3-4-11-24(22)30(23)21-31(32)27-15-9-16-29(34(27)36)35-28-14-6-5-12-25(28)26-13-7-8-17-33(26)37-35/h3-17,20-21H,18-19H2,1-2H3. The highest BCUT2D eigenvalue weighted by molar-refractivity contribution is 6.11. The van der Waals surface area contributed by atoms with Crippen LogP contribution in [-0.2, 0) is 18.3 Å². The summed E-state index contributed by atoms with van der Waals surface area (Å²) in [5.74, 6) is 0. The third-order valence-corrected chi connectivity index (χ3v) is 8.73. The molecule has 0 unspecified atom stereocenters. The van der Waals surface area contributed by atoms with Gasteiger partial charge in [0.05, 0.1) is 11.2 Å². The Kier molecular flexibility index (Phi) is 4.18. The number of rotatable bonds is 1. The minimum absolute atomic E-state index is 0.109. The molecule has 1 aromatic heterocycles. The maximum absolute atomic E-state index is 5.29. The minimum atomic E-state index is -0.109. The van der Waals surface area contributed by atoms with Gasteiger partial charge in [-0.05, 0) is 74.9 Å². The molecule has 1 heteroatoms. The first kappa shape index (κ1) is 20.9. The highest BCUT2D eigenvalue weighted by Gasteiger charge is 2.39. The molecule has 2 aliphatic rings. The molecule has 0 saturated carbocycles. The summed E-state index contributed by atoms with van der Waals surface area (Å²) in [6.07, 6.45) is 2.23. The van der Waals surface area contributed by atoms with Crippen LogP contribution in [0.25, 0.3) is 55.2 Å². The van der Waals surface area contributed by atoms with Gasteiger partial charge >= 0.3 is 0 Å². The van der Waals surface area contributed by atoms with Crippen molar-refractivity contribution in [1.82, 2.24) is 4.98 Å². The van der Waals surface area contributed by atoms with E-state index in [0.29, 0.717) is 0 Å². The molecular formula is C36H27N. The predicted molar refractivity (Wildman–Crippen MR) is 155 cm³/mol. The maximum Gasteiger partial charge on any atom is 0.0791 e. The second-order valence-electron chi connectivity index (χ2n) is 11.1. The van der Waals surface area contributed by atoms with Gasteiger partial charge in [-0.15, -0.1) is 0 Å². The second-order valence-corrected chi connectivity index (χ2v) is 11.1. The first-order valence-corrected chi connectivity index (χ1v) is 13.3. The fraction of sp³-hybridized carbons (Fsp3) is 0.139. The van der Waals surface area contributed by atoms with E-state index >= 15 is 0 Å². The van der Waals surface area contributed by atoms with Crippen LogP contribution in [-0.4, -0.2) is 4.98 Å². The van der Waals surface area contributed by atoms with Crippen molar-refractivity contribution in [3.63, 3.8) is 0 Å². The Hall–Kier alpha value is -4.23. The van der Waals surface area contributed by atoms with Crippen LogP contribution in [0.15, 0.2) is 103 Å². The summed E-state index contributed by atoms with van der Waals surface area (Å²) in [5.41, 5.74) is 14.6. The molecule has 2 aliphatic carbocycles. The predicted octanol–water partition coefficient (Wildman–Crippen LogP) is 9.13. The zero-order valence-corrected chi connectivity index (χ0v) is 21.2. The van der Waals surface area contributed by atoms with E-state index < -0.39 is 0 Å². The van der Waals surface area contributed by atoms with Crippen LogP contribution in [0.3, 0.4) is 0 Å². The molecule has 1 nitrogen and oxygen atoms in total. The molecule has 0 atom stereocenters. The van der Waals surface area contributed by atoms with E-state index in [4.69, 9.17) is 4.98 Å². The molecule has 5 aromatic carbocycles. The smallest absolute Gasteiger partial charge is 0.0791 e. The molecule has 0 spiro atoms. The number of fused-ring (bicyclic) bond motifs is 9. The van der Waals surface area contributed by atoms with Crippen LogP contribution >= 0.6 is 0 Å². The van der Waals surface area contributed by atoms with Crippen molar-refractivity contribution < 1.29 is 0 Å². The van der Waals surface area contributed by atoms with Gasteiger partial charge in [-0.2, -0.15) is 0 Å². The maximum atomic E-state index is 5.29. The Morgan fingerprint density at radius 1 is 0.541 bits per heavy atom. The largest absolute Gasteiger partial charge is 0.247 e. The second kappa shape index (κ2) is 7.40. The molecule has 0 amide bonds. The Balaban J connectivity index is 1.42. The van der Waals surface area contributed by atoms with Gasteiger partial charge in [0, 0.05) is 21.8 Å². The number of pyridine rings is 1. The molecule has 6 aromatic rings. The van der Waals surface area contributed by atoms with Crippen molar-refractivity contribution in [3.8, 4) is 33.5 Å². The zero-order chi connectivity index (χ0) is 24.7. The number of hydrogen-bond acceptors (Lipinski definition) is 1. The molecular weight excluding hydrogens is 446 g/mol. The van der Waals surface area contributed by atoms with Gasteiger partial charge in [0.1, 0.15) is 0 Å². The van der Waals surface area contributed by atoms with Crippen molar-refractivity contribution in [1.29, 1.82) is 0 Å². The molecule has 0 N–H and O–H groups in total. The first-order valence-electron chi connectivity index (χ1n) is 13.3. The van der Waals surface area contributed by atoms with Gasteiger partial charge < -0.3 is 0 Å². The topological polar surface area (TPSA) is 12.9 Å². The summed E-state index contributed by atoms with van der Waals surface area (Å²) in [6.45, 7) is 4.79. The summed E-state index contributed by atoms with van der Waals surface area (Å²) < 4.78 is 0. The summed E-state index contributed by atoms with van der Waals surface area (Å²) in [4.78, 5) is 5.29. The van der Waals surface area contributed by atoms with Gasteiger partial charge in [0.2, 0.25) is 0 Å². The first-order chi connectivity index (χ1) is 18.1. The van der Waals surface area contributed by atoms with Crippen LogP contribution in [0.5, 0.6) is 0 Å². The summed E-state index contributed by atoms with van der Waals surface area (Å²) in [6, 6.07) is 38.0. The van der Waals surface area contributed by atoms with E-state index in [1.807, 2.05) is 0 Å². The lowest BCUT2D eigenvalue weighted by molar-refractivity contribution is 0.660. The van der Waals surface area contributed by atoms with Crippen LogP contribution < -0.4 is 0 Å². The monoisotopic (exact) mass is 473 g/mol. The van der Waals surface area contributed by atoms with Gasteiger partial charge in [-0.1, -0.05) is 105 Å². The highest BCUT2D eigenvalue weighted by atomic mass is 14.7. The molecule has 1 heterocycles. The van der Waals surface area contributed by atoms with Gasteiger partial charge in [-0.25, -0.2) is 4.98 Å². The summed E-state index contributed by atoms with van der Waals surface area (Å²) in [7, 11) is 0. The quantitative estimate of drug-likeness (QED) is 0.217. The van der Waals surface area contributed by atoms with Crippen LogP contribution in [0.1, 0.15) is 36.1 Å². The molecule has 176 valence electrons. The SMILES string of the molecule is CC1(C)c2cc3c(cc2-c2cccc(-c4nc5ccccc5c5ccccc45)c21)-c1ccccc1CC3. The van der Waals surface area contributed by atoms with Crippen molar-refractivity contribution in [2.24, 2.45) is 0 Å². The lowest BCUT2D eigenvalue weighted by Gasteiger charge is -2.27. The van der Waals surface area contributed by atoms with Gasteiger partial charge in [0.15, 0.2) is 0 Å². The van der Waals surface area contributed by atoms with Crippen molar-refractivity contribution in [2.75, 3.05) is 0 Å². The molecule has 0 radical (unpaired) electrons. The number of benzene rings is 5. The lowest BCUT2D eigenvalue weighted by atomic mass is 9.77. The van der Waals surface area contributed by atoms with E-state index in [2.05, 4.69) is 117 Å². The average molecular weight is 474 g/mol. The van der Waals surface area contributed by atoms with E-state index in [-0.39, 0.29) is 5.41 Å². The molecule has 0 aliphatic heterocycles. The van der Waals surface area contributed by atoms with Crippen molar-refractivity contribution in [3.05, 3.63) is 125 Å². The Morgan fingerprint density at radius 2 is 1.22 bits per heavy atom. The Morgan fingerprint density at radius 3 is 2.11 bits per heavy atom. The molecule has 0 bridgehead atoms. The highest BCUT2D eigenvalue weighted by Crippen LogP contribution is 2.54. The van der Waals surface area contributed by atoms with Gasteiger partial charge in [-0.3, -0.25) is 0 Å². The number of para-hydroxylation sites is 1. The number of hydrogen-bond donors (Lipinski definition) is 0. The molecule has 0 fully saturated rings. The number of aromatic nitrogens is 1. The zero-order valence-electron chi connectivity index (χ0n) is 21.2. The number of aryl methyl sites for hydroxylation is 2. The van der Waals surface area contributed by atoms with Crippen molar-refractivity contribution in [2.45, 2.75) is 32.1 Å². The van der Waals surface area contributed by atoms with Crippen molar-refractivity contribution >= 4 is 21.7 Å². The third-order valence-electron chi connectivity index (χ3n) is 8.73. The fourth-order valence-corrected chi connectivity index (χ4v) is 7.00. The summed E-state index contributed by atoms with van der Waals surface area (Å²) >= 11 is 0. The van der Waals surface area contributed by atoms with E-state index in [0.717, 1.165) is 24.1 Å². The van der Waals surface area contributed by atoms with E-state index in [1.165, 1.54) is 66.2 Å². The van der Waals surface area contributed by atoms with E-state index in [1.54, 1.807) is 0 Å². The lowest BCUT2D eigenvalue weighted by Crippen LogP contribution is -2.17. The van der Waals surface area contributed by atoms with Gasteiger partial charge in [0.25, 0.3) is 0 Å². The fourth-order valence-electron chi connectivity index (χ4n) is 7.00. The minimum Gasteiger partial charge on any atom is -0.247 e. The van der Waals surface area contributed by atoms with Crippen LogP contribution in [0.4, 0.5) is 0 Å². The average Bonchev–Trinajstić information content (AvgIpc) is 3.17. The van der Waals surface area contributed by atoms with Crippen LogP contribution in [0.2, 0.25) is 0 Å². The third kappa shape index (κ3) is 2.83. The number of nitrogens with zero attached hydrogens (tertiary/aromatic N) is 1. The van der Waals surface area contributed by atoms with Crippen LogP contribution in [0, 0.1) is 0 Å².